The predicted octanol–water partition coefficient (Wildman–Crippen LogP) is 4.34. The normalized spacial score (nSPS) is 10.5. The molecule has 0 aliphatic carbocycles. The first-order chi connectivity index (χ1) is 14.2. The maximum absolute atomic E-state index is 12.6. The number of benzene rings is 2. The molecular formula is C23H19N3O3. The lowest BCUT2D eigenvalue weighted by molar-refractivity contribution is 0.0950. The van der Waals surface area contributed by atoms with Gasteiger partial charge >= 0.3 is 0 Å². The number of rotatable bonds is 6. The van der Waals surface area contributed by atoms with Crippen molar-refractivity contribution in [2.45, 2.75) is 6.54 Å². The standard InChI is InChI=1S/C23H19N3O3/c1-28-20-4-2-3-18(13-20)16-5-7-17(8-6-16)23(27)26-14-21-22(25-11-10-24-21)19-9-12-29-15-19/h2-13,15H,14H2,1H3,(H,26,27). The molecular weight excluding hydrogens is 366 g/mol. The van der Waals surface area contributed by atoms with E-state index in [4.69, 9.17) is 9.15 Å². The molecule has 0 saturated heterocycles. The van der Waals surface area contributed by atoms with Gasteiger partial charge in [0.25, 0.3) is 5.91 Å². The molecule has 2 aromatic heterocycles. The van der Waals surface area contributed by atoms with E-state index in [0.29, 0.717) is 17.0 Å². The molecule has 1 amide bonds. The van der Waals surface area contributed by atoms with Gasteiger partial charge in [-0.25, -0.2) is 0 Å². The first-order valence-corrected chi connectivity index (χ1v) is 9.10. The molecule has 2 heterocycles. The molecule has 0 spiro atoms. The summed E-state index contributed by atoms with van der Waals surface area (Å²) in [5, 5.41) is 2.90. The summed E-state index contributed by atoms with van der Waals surface area (Å²) in [5.74, 6) is 0.618. The molecule has 0 saturated carbocycles. The van der Waals surface area contributed by atoms with E-state index in [2.05, 4.69) is 15.3 Å². The van der Waals surface area contributed by atoms with Crippen LogP contribution in [0, 0.1) is 0 Å². The van der Waals surface area contributed by atoms with Crippen molar-refractivity contribution >= 4 is 5.91 Å². The fraction of sp³-hybridized carbons (Fsp3) is 0.0870. The van der Waals surface area contributed by atoms with Gasteiger partial charge in [-0.3, -0.25) is 14.8 Å². The molecule has 0 bridgehead atoms. The fourth-order valence-electron chi connectivity index (χ4n) is 3.02. The van der Waals surface area contributed by atoms with Crippen molar-refractivity contribution in [1.29, 1.82) is 0 Å². The summed E-state index contributed by atoms with van der Waals surface area (Å²) in [6.07, 6.45) is 6.40. The Labute approximate surface area is 168 Å². The zero-order valence-corrected chi connectivity index (χ0v) is 15.8. The molecule has 0 fully saturated rings. The number of carbonyl (C=O) groups excluding carboxylic acids is 1. The first kappa shape index (κ1) is 18.4. The summed E-state index contributed by atoms with van der Waals surface area (Å²) in [5.41, 5.74) is 4.80. The summed E-state index contributed by atoms with van der Waals surface area (Å²) in [6.45, 7) is 0.269. The van der Waals surface area contributed by atoms with Gasteiger partial charge in [-0.2, -0.15) is 0 Å². The second-order valence-corrected chi connectivity index (χ2v) is 6.36. The van der Waals surface area contributed by atoms with Gasteiger partial charge in [-0.1, -0.05) is 24.3 Å². The monoisotopic (exact) mass is 385 g/mol. The Morgan fingerprint density at radius 3 is 2.59 bits per heavy atom. The van der Waals surface area contributed by atoms with Crippen molar-refractivity contribution in [2.24, 2.45) is 0 Å². The second kappa shape index (κ2) is 8.39. The molecule has 6 heteroatoms. The van der Waals surface area contributed by atoms with Gasteiger partial charge < -0.3 is 14.5 Å². The van der Waals surface area contributed by atoms with Crippen molar-refractivity contribution in [3.05, 3.63) is 90.8 Å². The highest BCUT2D eigenvalue weighted by Crippen LogP contribution is 2.24. The average Bonchev–Trinajstić information content (AvgIpc) is 3.32. The van der Waals surface area contributed by atoms with Crippen LogP contribution in [0.2, 0.25) is 0 Å². The van der Waals surface area contributed by atoms with Crippen LogP contribution in [0.4, 0.5) is 0 Å². The summed E-state index contributed by atoms with van der Waals surface area (Å²) < 4.78 is 10.4. The van der Waals surface area contributed by atoms with E-state index in [0.717, 1.165) is 22.4 Å². The van der Waals surface area contributed by atoms with Crippen LogP contribution in [0.1, 0.15) is 16.1 Å². The van der Waals surface area contributed by atoms with Crippen molar-refractivity contribution in [3.8, 4) is 28.1 Å². The molecule has 0 radical (unpaired) electrons. The van der Waals surface area contributed by atoms with Crippen LogP contribution >= 0.6 is 0 Å². The third-order valence-corrected chi connectivity index (χ3v) is 4.54. The van der Waals surface area contributed by atoms with Gasteiger partial charge in [0.1, 0.15) is 5.75 Å². The minimum Gasteiger partial charge on any atom is -0.497 e. The highest BCUT2D eigenvalue weighted by atomic mass is 16.5. The molecule has 2 aromatic carbocycles. The molecule has 0 unspecified atom stereocenters. The quantitative estimate of drug-likeness (QED) is 0.534. The van der Waals surface area contributed by atoms with Crippen LogP contribution < -0.4 is 10.1 Å². The molecule has 0 aliphatic heterocycles. The van der Waals surface area contributed by atoms with Gasteiger partial charge in [0.05, 0.1) is 37.6 Å². The first-order valence-electron chi connectivity index (χ1n) is 9.10. The van der Waals surface area contributed by atoms with Crippen molar-refractivity contribution < 1.29 is 13.9 Å². The number of hydrogen-bond donors (Lipinski definition) is 1. The molecule has 6 nitrogen and oxygen atoms in total. The number of nitrogens with one attached hydrogen (secondary N) is 1. The number of carbonyl (C=O) groups is 1. The van der Waals surface area contributed by atoms with E-state index < -0.39 is 0 Å². The van der Waals surface area contributed by atoms with Crippen LogP contribution in [0.15, 0.2) is 83.9 Å². The Morgan fingerprint density at radius 2 is 1.83 bits per heavy atom. The number of methoxy groups -OCH3 is 1. The molecule has 144 valence electrons. The van der Waals surface area contributed by atoms with E-state index >= 15 is 0 Å². The molecule has 29 heavy (non-hydrogen) atoms. The number of furan rings is 1. The summed E-state index contributed by atoms with van der Waals surface area (Å²) in [4.78, 5) is 21.3. The van der Waals surface area contributed by atoms with Gasteiger partial charge in [-0.15, -0.1) is 0 Å². The Kier molecular flexibility index (Phi) is 5.33. The summed E-state index contributed by atoms with van der Waals surface area (Å²) >= 11 is 0. The zero-order chi connectivity index (χ0) is 20.1. The SMILES string of the molecule is COc1cccc(-c2ccc(C(=O)NCc3nccnc3-c3ccoc3)cc2)c1. The minimum absolute atomic E-state index is 0.175. The number of nitrogens with zero attached hydrogens (tertiary/aromatic N) is 2. The molecule has 0 aliphatic rings. The highest BCUT2D eigenvalue weighted by molar-refractivity contribution is 5.94. The van der Waals surface area contributed by atoms with Gasteiger partial charge in [0.15, 0.2) is 0 Å². The lowest BCUT2D eigenvalue weighted by Crippen LogP contribution is -2.23. The third kappa shape index (κ3) is 4.16. The fourth-order valence-corrected chi connectivity index (χ4v) is 3.02. The number of amides is 1. The number of aromatic nitrogens is 2. The molecule has 0 atom stereocenters. The van der Waals surface area contributed by atoms with Gasteiger partial charge in [-0.05, 0) is 41.5 Å². The third-order valence-electron chi connectivity index (χ3n) is 4.54. The van der Waals surface area contributed by atoms with E-state index in [1.807, 2.05) is 42.5 Å². The van der Waals surface area contributed by atoms with Crippen molar-refractivity contribution in [3.63, 3.8) is 0 Å². The smallest absolute Gasteiger partial charge is 0.251 e. The van der Waals surface area contributed by atoms with Crippen LogP contribution in [-0.4, -0.2) is 23.0 Å². The average molecular weight is 385 g/mol. The van der Waals surface area contributed by atoms with Crippen LogP contribution in [-0.2, 0) is 6.54 Å². The number of hydrogen-bond acceptors (Lipinski definition) is 5. The highest BCUT2D eigenvalue weighted by Gasteiger charge is 2.12. The van der Waals surface area contributed by atoms with Crippen molar-refractivity contribution in [1.82, 2.24) is 15.3 Å². The molecule has 4 aromatic rings. The van der Waals surface area contributed by atoms with Crippen LogP contribution in [0.25, 0.3) is 22.4 Å². The minimum atomic E-state index is -0.175. The van der Waals surface area contributed by atoms with E-state index in [9.17, 15) is 4.79 Å². The van der Waals surface area contributed by atoms with Crippen LogP contribution in [0.5, 0.6) is 5.75 Å². The summed E-state index contributed by atoms with van der Waals surface area (Å²) in [7, 11) is 1.64. The lowest BCUT2D eigenvalue weighted by atomic mass is 10.0. The Hall–Kier alpha value is -3.93. The maximum Gasteiger partial charge on any atom is 0.251 e. The van der Waals surface area contributed by atoms with E-state index in [1.165, 1.54) is 0 Å². The Bertz CT molecular complexity index is 1110. The Morgan fingerprint density at radius 1 is 1.00 bits per heavy atom. The predicted molar refractivity (Wildman–Crippen MR) is 109 cm³/mol. The van der Waals surface area contributed by atoms with Crippen molar-refractivity contribution in [2.75, 3.05) is 7.11 Å². The van der Waals surface area contributed by atoms with E-state index in [1.54, 1.807) is 44.2 Å². The van der Waals surface area contributed by atoms with Crippen LogP contribution in [0.3, 0.4) is 0 Å². The summed E-state index contributed by atoms with van der Waals surface area (Å²) in [6, 6.07) is 17.1. The topological polar surface area (TPSA) is 77.2 Å². The van der Waals surface area contributed by atoms with E-state index in [-0.39, 0.29) is 12.5 Å². The lowest BCUT2D eigenvalue weighted by Gasteiger charge is -2.09. The number of ether oxygens (including phenoxy) is 1. The molecule has 4 rings (SSSR count). The molecule has 1 N–H and O–H groups in total. The largest absolute Gasteiger partial charge is 0.497 e. The Balaban J connectivity index is 1.46. The zero-order valence-electron chi connectivity index (χ0n) is 15.8. The second-order valence-electron chi connectivity index (χ2n) is 6.36. The maximum atomic E-state index is 12.6. The van der Waals surface area contributed by atoms with Gasteiger partial charge in [0.2, 0.25) is 0 Å². The van der Waals surface area contributed by atoms with Gasteiger partial charge in [0, 0.05) is 23.5 Å².